The first-order valence-electron chi connectivity index (χ1n) is 3.66. The minimum absolute atomic E-state index is 0.843. The molecule has 0 amide bonds. The third-order valence-corrected chi connectivity index (χ3v) is 2.01. The van der Waals surface area contributed by atoms with Gasteiger partial charge < -0.3 is 0 Å². The highest BCUT2D eigenvalue weighted by molar-refractivity contribution is 7.98. The number of hydrogen-bond donors (Lipinski definition) is 0. The molecule has 0 N–H and O–H groups in total. The Labute approximate surface area is 76.8 Å². The van der Waals surface area contributed by atoms with Gasteiger partial charge in [0.15, 0.2) is 0 Å². The van der Waals surface area contributed by atoms with Crippen molar-refractivity contribution in [3.63, 3.8) is 0 Å². The van der Waals surface area contributed by atoms with Gasteiger partial charge in [0, 0.05) is 12.4 Å². The van der Waals surface area contributed by atoms with E-state index >= 15 is 0 Å². The smallest absolute Gasteiger partial charge is 0.138 e. The zero-order chi connectivity index (χ0) is 8.65. The maximum Gasteiger partial charge on any atom is 0.138 e. The SMILES string of the molecule is CC#CCSCc1ncccn1. The number of rotatable bonds is 3. The average molecular weight is 178 g/mol. The predicted molar refractivity (Wildman–Crippen MR) is 51.6 cm³/mol. The average Bonchev–Trinajstić information content (AvgIpc) is 2.14. The first-order valence-corrected chi connectivity index (χ1v) is 4.82. The van der Waals surface area contributed by atoms with E-state index in [0.717, 1.165) is 17.3 Å². The van der Waals surface area contributed by atoms with Crippen LogP contribution < -0.4 is 0 Å². The molecule has 0 atom stereocenters. The van der Waals surface area contributed by atoms with E-state index in [2.05, 4.69) is 21.8 Å². The minimum atomic E-state index is 0.843. The Hall–Kier alpha value is -1.01. The van der Waals surface area contributed by atoms with E-state index in [1.807, 2.05) is 13.0 Å². The Bertz CT molecular complexity index is 274. The lowest BCUT2D eigenvalue weighted by atomic mass is 10.6. The molecule has 0 unspecified atom stereocenters. The maximum atomic E-state index is 4.10. The molecule has 1 heterocycles. The van der Waals surface area contributed by atoms with Crippen LogP contribution >= 0.6 is 11.8 Å². The summed E-state index contributed by atoms with van der Waals surface area (Å²) in [5.41, 5.74) is 0. The van der Waals surface area contributed by atoms with Gasteiger partial charge in [0.1, 0.15) is 5.82 Å². The van der Waals surface area contributed by atoms with Crippen LogP contribution in [0, 0.1) is 11.8 Å². The number of nitrogens with zero attached hydrogens (tertiary/aromatic N) is 2. The minimum Gasteiger partial charge on any atom is -0.240 e. The van der Waals surface area contributed by atoms with Crippen LogP contribution in [0.25, 0.3) is 0 Å². The molecule has 0 aliphatic carbocycles. The second kappa shape index (κ2) is 5.62. The van der Waals surface area contributed by atoms with Gasteiger partial charge in [-0.3, -0.25) is 0 Å². The molecule has 0 fully saturated rings. The standard InChI is InChI=1S/C9H10N2S/c1-2-3-7-12-8-9-10-5-4-6-11-9/h4-6H,7-8H2,1H3. The number of thioether (sulfide) groups is 1. The summed E-state index contributed by atoms with van der Waals surface area (Å²) >= 11 is 1.73. The van der Waals surface area contributed by atoms with Gasteiger partial charge in [-0.1, -0.05) is 5.92 Å². The molecule has 0 spiro atoms. The van der Waals surface area contributed by atoms with Gasteiger partial charge in [-0.25, -0.2) is 9.97 Å². The van der Waals surface area contributed by atoms with Gasteiger partial charge in [0.2, 0.25) is 0 Å². The molecule has 12 heavy (non-hydrogen) atoms. The van der Waals surface area contributed by atoms with Crippen LogP contribution in [-0.4, -0.2) is 15.7 Å². The van der Waals surface area contributed by atoms with Crippen LogP contribution in [0.3, 0.4) is 0 Å². The van der Waals surface area contributed by atoms with Crippen molar-refractivity contribution in [2.75, 3.05) is 5.75 Å². The highest BCUT2D eigenvalue weighted by Crippen LogP contribution is 2.05. The van der Waals surface area contributed by atoms with Crippen LogP contribution in [0.1, 0.15) is 12.7 Å². The largest absolute Gasteiger partial charge is 0.240 e. The molecule has 1 aromatic rings. The van der Waals surface area contributed by atoms with E-state index in [1.54, 1.807) is 24.2 Å². The highest BCUT2D eigenvalue weighted by atomic mass is 32.2. The zero-order valence-electron chi connectivity index (χ0n) is 6.95. The van der Waals surface area contributed by atoms with Crippen molar-refractivity contribution in [2.45, 2.75) is 12.7 Å². The molecular formula is C9H10N2S. The fraction of sp³-hybridized carbons (Fsp3) is 0.333. The quantitative estimate of drug-likeness (QED) is 0.521. The Balaban J connectivity index is 2.27. The van der Waals surface area contributed by atoms with Crippen molar-refractivity contribution in [1.82, 2.24) is 9.97 Å². The van der Waals surface area contributed by atoms with Crippen LogP contribution in [0.4, 0.5) is 0 Å². The fourth-order valence-electron chi connectivity index (χ4n) is 0.670. The molecule has 62 valence electrons. The summed E-state index contributed by atoms with van der Waals surface area (Å²) in [6.07, 6.45) is 3.52. The van der Waals surface area contributed by atoms with Crippen molar-refractivity contribution in [3.05, 3.63) is 24.3 Å². The lowest BCUT2D eigenvalue weighted by Crippen LogP contribution is -1.89. The summed E-state index contributed by atoms with van der Waals surface area (Å²) in [7, 11) is 0. The van der Waals surface area contributed by atoms with E-state index in [4.69, 9.17) is 0 Å². The monoisotopic (exact) mass is 178 g/mol. The Morgan fingerprint density at radius 3 is 2.83 bits per heavy atom. The molecule has 0 bridgehead atoms. The highest BCUT2D eigenvalue weighted by Gasteiger charge is 1.92. The van der Waals surface area contributed by atoms with Crippen LogP contribution in [0.15, 0.2) is 18.5 Å². The topological polar surface area (TPSA) is 25.8 Å². The third kappa shape index (κ3) is 3.40. The predicted octanol–water partition coefficient (Wildman–Crippen LogP) is 1.73. The first-order chi connectivity index (χ1) is 5.93. The molecule has 1 rings (SSSR count). The number of aromatic nitrogens is 2. The van der Waals surface area contributed by atoms with Gasteiger partial charge in [-0.05, 0) is 13.0 Å². The number of hydrogen-bond acceptors (Lipinski definition) is 3. The lowest BCUT2D eigenvalue weighted by molar-refractivity contribution is 1.03. The molecule has 0 aliphatic rings. The Kier molecular flexibility index (Phi) is 4.25. The third-order valence-electron chi connectivity index (χ3n) is 1.20. The van der Waals surface area contributed by atoms with E-state index < -0.39 is 0 Å². The molecule has 3 heteroatoms. The molecule has 0 aromatic carbocycles. The summed E-state index contributed by atoms with van der Waals surface area (Å²) in [6, 6.07) is 1.82. The Morgan fingerprint density at radius 2 is 2.17 bits per heavy atom. The molecular weight excluding hydrogens is 168 g/mol. The fourth-order valence-corrected chi connectivity index (χ4v) is 1.35. The van der Waals surface area contributed by atoms with Gasteiger partial charge in [-0.15, -0.1) is 17.7 Å². The molecule has 1 aromatic heterocycles. The second-order valence-electron chi connectivity index (χ2n) is 2.08. The molecule has 0 radical (unpaired) electrons. The first kappa shape index (κ1) is 9.08. The second-order valence-corrected chi connectivity index (χ2v) is 3.07. The van der Waals surface area contributed by atoms with Crippen molar-refractivity contribution in [2.24, 2.45) is 0 Å². The molecule has 0 aliphatic heterocycles. The van der Waals surface area contributed by atoms with Gasteiger partial charge in [-0.2, -0.15) is 0 Å². The lowest BCUT2D eigenvalue weighted by Gasteiger charge is -1.94. The van der Waals surface area contributed by atoms with Crippen molar-refractivity contribution < 1.29 is 0 Å². The zero-order valence-corrected chi connectivity index (χ0v) is 7.77. The summed E-state index contributed by atoms with van der Waals surface area (Å²) in [5, 5.41) is 0. The van der Waals surface area contributed by atoms with Crippen molar-refractivity contribution >= 4 is 11.8 Å². The van der Waals surface area contributed by atoms with E-state index in [-0.39, 0.29) is 0 Å². The van der Waals surface area contributed by atoms with Gasteiger partial charge in [0.25, 0.3) is 0 Å². The Morgan fingerprint density at radius 1 is 1.42 bits per heavy atom. The summed E-state index contributed by atoms with van der Waals surface area (Å²) in [6.45, 7) is 1.85. The van der Waals surface area contributed by atoms with Gasteiger partial charge >= 0.3 is 0 Å². The normalized spacial score (nSPS) is 8.75. The van der Waals surface area contributed by atoms with E-state index in [0.29, 0.717) is 0 Å². The van der Waals surface area contributed by atoms with Crippen LogP contribution in [0.2, 0.25) is 0 Å². The molecule has 0 saturated carbocycles. The van der Waals surface area contributed by atoms with Crippen LogP contribution in [0.5, 0.6) is 0 Å². The van der Waals surface area contributed by atoms with Gasteiger partial charge in [0.05, 0.1) is 11.5 Å². The van der Waals surface area contributed by atoms with Crippen molar-refractivity contribution in [1.29, 1.82) is 0 Å². The summed E-state index contributed by atoms with van der Waals surface area (Å²) in [5.74, 6) is 8.39. The summed E-state index contributed by atoms with van der Waals surface area (Å²) in [4.78, 5) is 8.19. The van der Waals surface area contributed by atoms with Crippen molar-refractivity contribution in [3.8, 4) is 11.8 Å². The maximum absolute atomic E-state index is 4.10. The van der Waals surface area contributed by atoms with E-state index in [9.17, 15) is 0 Å². The van der Waals surface area contributed by atoms with Crippen LogP contribution in [-0.2, 0) is 5.75 Å². The molecule has 2 nitrogen and oxygen atoms in total. The van der Waals surface area contributed by atoms with E-state index in [1.165, 1.54) is 0 Å². The molecule has 0 saturated heterocycles. The summed E-state index contributed by atoms with van der Waals surface area (Å²) < 4.78 is 0.